The molecule has 0 saturated carbocycles. The Balaban J connectivity index is 1.97. The van der Waals surface area contributed by atoms with Crippen LogP contribution in [0.3, 0.4) is 0 Å². The van der Waals surface area contributed by atoms with E-state index in [1.807, 2.05) is 47.4 Å². The highest BCUT2D eigenvalue weighted by Gasteiger charge is 2.32. The average molecular weight is 310 g/mol. The Hall–Kier alpha value is -2.49. The Kier molecular flexibility index (Phi) is 4.24. The monoisotopic (exact) mass is 310 g/mol. The van der Waals surface area contributed by atoms with Gasteiger partial charge in [-0.2, -0.15) is 0 Å². The molecule has 0 bridgehead atoms. The summed E-state index contributed by atoms with van der Waals surface area (Å²) in [7, 11) is 1.68. The summed E-state index contributed by atoms with van der Waals surface area (Å²) in [5.74, 6) is 0.910. The molecule has 0 radical (unpaired) electrons. The molecule has 4 heteroatoms. The molecule has 1 amide bonds. The van der Waals surface area contributed by atoms with Crippen LogP contribution in [0.5, 0.6) is 5.75 Å². The summed E-state index contributed by atoms with van der Waals surface area (Å²) in [5, 5.41) is 3.58. The Labute approximate surface area is 137 Å². The lowest BCUT2D eigenvalue weighted by atomic mass is 9.91. The van der Waals surface area contributed by atoms with Gasteiger partial charge in [0.2, 0.25) is 5.91 Å². The third-order valence-corrected chi connectivity index (χ3v) is 4.37. The number of ether oxygens (including phenoxy) is 1. The molecule has 0 fully saturated rings. The zero-order valence-electron chi connectivity index (χ0n) is 13.7. The maximum atomic E-state index is 12.0. The largest absolute Gasteiger partial charge is 0.495 e. The van der Waals surface area contributed by atoms with Gasteiger partial charge in [0.1, 0.15) is 5.75 Å². The van der Waals surface area contributed by atoms with Gasteiger partial charge >= 0.3 is 0 Å². The first-order valence-corrected chi connectivity index (χ1v) is 7.90. The minimum atomic E-state index is 0.0840. The maximum absolute atomic E-state index is 12.0. The van der Waals surface area contributed by atoms with Crippen molar-refractivity contribution in [3.05, 3.63) is 54.1 Å². The summed E-state index contributed by atoms with van der Waals surface area (Å²) in [6.07, 6.45) is 0.856. The Morgan fingerprint density at radius 1 is 1.17 bits per heavy atom. The highest BCUT2D eigenvalue weighted by atomic mass is 16.5. The molecule has 3 rings (SSSR count). The lowest BCUT2D eigenvalue weighted by Crippen LogP contribution is -2.43. The van der Waals surface area contributed by atoms with E-state index in [0.717, 1.165) is 29.1 Å². The molecule has 2 aromatic rings. The van der Waals surface area contributed by atoms with Crippen LogP contribution in [0.2, 0.25) is 0 Å². The lowest BCUT2D eigenvalue weighted by Gasteiger charge is -2.39. The van der Waals surface area contributed by atoms with Crippen molar-refractivity contribution < 1.29 is 9.53 Å². The number of carbonyl (C=O) groups is 1. The van der Waals surface area contributed by atoms with E-state index < -0.39 is 0 Å². The van der Waals surface area contributed by atoms with Crippen molar-refractivity contribution in [1.82, 2.24) is 0 Å². The first-order chi connectivity index (χ1) is 11.1. The molecule has 23 heavy (non-hydrogen) atoms. The zero-order chi connectivity index (χ0) is 16.4. The predicted octanol–water partition coefficient (Wildman–Crippen LogP) is 3.99. The second kappa shape index (κ2) is 6.32. The van der Waals surface area contributed by atoms with Gasteiger partial charge in [0.05, 0.1) is 18.8 Å². The van der Waals surface area contributed by atoms with Crippen LogP contribution in [0.25, 0.3) is 0 Å². The third-order valence-electron chi connectivity index (χ3n) is 4.37. The van der Waals surface area contributed by atoms with Gasteiger partial charge in [-0.15, -0.1) is 0 Å². The predicted molar refractivity (Wildman–Crippen MR) is 93.0 cm³/mol. The van der Waals surface area contributed by atoms with Gasteiger partial charge in [-0.3, -0.25) is 4.79 Å². The molecular weight excluding hydrogens is 288 g/mol. The highest BCUT2D eigenvalue weighted by Crippen LogP contribution is 2.40. The second-order valence-electron chi connectivity index (χ2n) is 5.93. The van der Waals surface area contributed by atoms with E-state index in [-0.39, 0.29) is 18.0 Å². The fraction of sp³-hybridized carbons (Fsp3) is 0.316. The first kappa shape index (κ1) is 15.4. The standard InChI is InChI=1S/C19H22N2O2/c1-13-12-17(20-16-9-5-7-11-19(16)23-3)15-8-4-6-10-18(15)21(13)14(2)22/h4-11,13,17,20H,12H2,1-3H3. The number of benzene rings is 2. The van der Waals surface area contributed by atoms with Gasteiger partial charge in [-0.25, -0.2) is 0 Å². The number of amides is 1. The number of methoxy groups -OCH3 is 1. The van der Waals surface area contributed by atoms with Crippen molar-refractivity contribution in [2.24, 2.45) is 0 Å². The summed E-state index contributed by atoms with van der Waals surface area (Å²) >= 11 is 0. The molecule has 1 aliphatic heterocycles. The van der Waals surface area contributed by atoms with E-state index in [1.54, 1.807) is 14.0 Å². The summed E-state index contributed by atoms with van der Waals surface area (Å²) in [6.45, 7) is 3.72. The van der Waals surface area contributed by atoms with Crippen LogP contribution < -0.4 is 15.0 Å². The number of para-hydroxylation sites is 3. The normalized spacial score (nSPS) is 19.9. The molecule has 1 N–H and O–H groups in total. The molecule has 0 aromatic heterocycles. The SMILES string of the molecule is COc1ccccc1NC1CC(C)N(C(C)=O)c2ccccc21. The second-order valence-corrected chi connectivity index (χ2v) is 5.93. The topological polar surface area (TPSA) is 41.6 Å². The maximum Gasteiger partial charge on any atom is 0.224 e. The lowest BCUT2D eigenvalue weighted by molar-refractivity contribution is -0.117. The third kappa shape index (κ3) is 2.89. The van der Waals surface area contributed by atoms with Gasteiger partial charge in [0, 0.05) is 18.7 Å². The van der Waals surface area contributed by atoms with Crippen molar-refractivity contribution in [2.75, 3.05) is 17.3 Å². The quantitative estimate of drug-likeness (QED) is 0.932. The van der Waals surface area contributed by atoms with E-state index in [0.29, 0.717) is 0 Å². The number of hydrogen-bond donors (Lipinski definition) is 1. The van der Waals surface area contributed by atoms with Crippen LogP contribution in [0.4, 0.5) is 11.4 Å². The first-order valence-electron chi connectivity index (χ1n) is 7.90. The molecule has 4 nitrogen and oxygen atoms in total. The fourth-order valence-corrected chi connectivity index (χ4v) is 3.38. The van der Waals surface area contributed by atoms with Crippen LogP contribution in [0.1, 0.15) is 31.9 Å². The molecule has 1 heterocycles. The van der Waals surface area contributed by atoms with Gasteiger partial charge in [-0.1, -0.05) is 30.3 Å². The summed E-state index contributed by atoms with van der Waals surface area (Å²) in [6, 6.07) is 16.3. The van der Waals surface area contributed by atoms with Gasteiger partial charge in [0.15, 0.2) is 0 Å². The fourth-order valence-electron chi connectivity index (χ4n) is 3.38. The minimum Gasteiger partial charge on any atom is -0.495 e. The van der Waals surface area contributed by atoms with E-state index >= 15 is 0 Å². The molecule has 1 aliphatic rings. The van der Waals surface area contributed by atoms with Gasteiger partial charge in [0.25, 0.3) is 0 Å². The molecule has 120 valence electrons. The Bertz CT molecular complexity index is 714. The van der Waals surface area contributed by atoms with Crippen molar-refractivity contribution >= 4 is 17.3 Å². The number of rotatable bonds is 3. The van der Waals surface area contributed by atoms with Crippen molar-refractivity contribution in [3.8, 4) is 5.75 Å². The number of fused-ring (bicyclic) bond motifs is 1. The van der Waals surface area contributed by atoms with Crippen molar-refractivity contribution in [3.63, 3.8) is 0 Å². The van der Waals surface area contributed by atoms with Crippen molar-refractivity contribution in [1.29, 1.82) is 0 Å². The van der Waals surface area contributed by atoms with Crippen LogP contribution in [0.15, 0.2) is 48.5 Å². The number of nitrogens with zero attached hydrogens (tertiary/aromatic N) is 1. The van der Waals surface area contributed by atoms with Crippen LogP contribution in [0, 0.1) is 0 Å². The smallest absolute Gasteiger partial charge is 0.224 e. The van der Waals surface area contributed by atoms with E-state index in [2.05, 4.69) is 18.3 Å². The average Bonchev–Trinajstić information content (AvgIpc) is 2.55. The number of hydrogen-bond acceptors (Lipinski definition) is 3. The molecule has 2 unspecified atom stereocenters. The Morgan fingerprint density at radius 2 is 1.87 bits per heavy atom. The molecule has 0 aliphatic carbocycles. The van der Waals surface area contributed by atoms with Crippen molar-refractivity contribution in [2.45, 2.75) is 32.4 Å². The van der Waals surface area contributed by atoms with Crippen LogP contribution >= 0.6 is 0 Å². The van der Waals surface area contributed by atoms with E-state index in [9.17, 15) is 4.79 Å². The van der Waals surface area contributed by atoms with Gasteiger partial charge in [-0.05, 0) is 37.1 Å². The molecule has 2 aromatic carbocycles. The molecule has 2 atom stereocenters. The highest BCUT2D eigenvalue weighted by molar-refractivity contribution is 5.93. The zero-order valence-corrected chi connectivity index (χ0v) is 13.7. The summed E-state index contributed by atoms with van der Waals surface area (Å²) < 4.78 is 5.43. The van der Waals surface area contributed by atoms with Crippen LogP contribution in [-0.2, 0) is 4.79 Å². The number of nitrogens with one attached hydrogen (secondary N) is 1. The number of anilines is 2. The van der Waals surface area contributed by atoms with Crippen LogP contribution in [-0.4, -0.2) is 19.1 Å². The molecule has 0 saturated heterocycles. The van der Waals surface area contributed by atoms with E-state index in [4.69, 9.17) is 4.74 Å². The summed E-state index contributed by atoms with van der Waals surface area (Å²) in [5.41, 5.74) is 3.11. The number of carbonyl (C=O) groups excluding carboxylic acids is 1. The minimum absolute atomic E-state index is 0.0840. The Morgan fingerprint density at radius 3 is 2.61 bits per heavy atom. The van der Waals surface area contributed by atoms with E-state index in [1.165, 1.54) is 0 Å². The molecular formula is C19H22N2O2. The van der Waals surface area contributed by atoms with Gasteiger partial charge < -0.3 is 15.0 Å². The summed E-state index contributed by atoms with van der Waals surface area (Å²) in [4.78, 5) is 13.9. The molecule has 0 spiro atoms.